The van der Waals surface area contributed by atoms with Crippen molar-refractivity contribution in [2.45, 2.75) is 19.0 Å². The van der Waals surface area contributed by atoms with Gasteiger partial charge in [-0.2, -0.15) is 10.2 Å². The van der Waals surface area contributed by atoms with E-state index in [-0.39, 0.29) is 18.1 Å². The minimum atomic E-state index is -0.420. The maximum absolute atomic E-state index is 12.6. The lowest BCUT2D eigenvalue weighted by Gasteiger charge is -2.20. The van der Waals surface area contributed by atoms with Crippen molar-refractivity contribution in [3.8, 4) is 17.0 Å². The normalized spacial score (nSPS) is 18.4. The summed E-state index contributed by atoms with van der Waals surface area (Å²) in [6, 6.07) is 11.5. The highest BCUT2D eigenvalue weighted by Crippen LogP contribution is 2.23. The van der Waals surface area contributed by atoms with Gasteiger partial charge in [-0.15, -0.1) is 0 Å². The van der Waals surface area contributed by atoms with Crippen molar-refractivity contribution in [1.29, 1.82) is 0 Å². The van der Waals surface area contributed by atoms with Crippen molar-refractivity contribution in [2.75, 3.05) is 20.3 Å². The Labute approximate surface area is 173 Å². The van der Waals surface area contributed by atoms with Crippen molar-refractivity contribution in [3.05, 3.63) is 64.2 Å². The predicted octanol–water partition coefficient (Wildman–Crippen LogP) is 1.33. The van der Waals surface area contributed by atoms with E-state index in [4.69, 9.17) is 9.47 Å². The lowest BCUT2D eigenvalue weighted by atomic mass is 10.1. The minimum Gasteiger partial charge on any atom is -0.497 e. The number of ether oxygens (including phenoxy) is 2. The standard InChI is InChI=1S/C21H23N5O4/c1-13-9-17(23-25(13)2)21(28)22-18-11-30-12-19(18)26-20(27)8-7-16(24-26)14-5-4-6-15(10-14)29-3/h4-10,18-19H,11-12H2,1-3H3,(H,22,28). The molecular weight excluding hydrogens is 386 g/mol. The number of methoxy groups -OCH3 is 1. The predicted molar refractivity (Wildman–Crippen MR) is 110 cm³/mol. The summed E-state index contributed by atoms with van der Waals surface area (Å²) in [5.74, 6) is 0.392. The SMILES string of the molecule is COc1cccc(-c2ccc(=O)n(C3COCC3NC(=O)c3cc(C)n(C)n3)n2)c1. The number of aromatic nitrogens is 4. The highest BCUT2D eigenvalue weighted by Gasteiger charge is 2.33. The van der Waals surface area contributed by atoms with E-state index in [2.05, 4.69) is 15.5 Å². The van der Waals surface area contributed by atoms with Gasteiger partial charge in [0.15, 0.2) is 0 Å². The van der Waals surface area contributed by atoms with Crippen molar-refractivity contribution in [1.82, 2.24) is 24.9 Å². The third-order valence-electron chi connectivity index (χ3n) is 5.22. The Morgan fingerprint density at radius 3 is 2.77 bits per heavy atom. The summed E-state index contributed by atoms with van der Waals surface area (Å²) in [6.45, 7) is 2.44. The molecule has 1 saturated heterocycles. The average molecular weight is 409 g/mol. The third-order valence-corrected chi connectivity index (χ3v) is 5.22. The van der Waals surface area contributed by atoms with E-state index in [1.54, 1.807) is 31.0 Å². The fourth-order valence-electron chi connectivity index (χ4n) is 3.44. The summed E-state index contributed by atoms with van der Waals surface area (Å²) in [7, 11) is 3.38. The molecule has 1 N–H and O–H groups in total. The van der Waals surface area contributed by atoms with Gasteiger partial charge >= 0.3 is 0 Å². The first-order chi connectivity index (χ1) is 14.5. The van der Waals surface area contributed by atoms with E-state index in [0.717, 1.165) is 11.3 Å². The Morgan fingerprint density at radius 1 is 1.20 bits per heavy atom. The van der Waals surface area contributed by atoms with Gasteiger partial charge in [-0.3, -0.25) is 14.3 Å². The summed E-state index contributed by atoms with van der Waals surface area (Å²) in [5.41, 5.74) is 2.40. The molecular formula is C21H23N5O4. The summed E-state index contributed by atoms with van der Waals surface area (Å²) in [5, 5.41) is 11.7. The Bertz CT molecular complexity index is 1120. The van der Waals surface area contributed by atoms with Gasteiger partial charge in [-0.25, -0.2) is 4.68 Å². The molecule has 2 unspecified atom stereocenters. The second-order valence-corrected chi connectivity index (χ2v) is 7.21. The second-order valence-electron chi connectivity index (χ2n) is 7.21. The van der Waals surface area contributed by atoms with Crippen molar-refractivity contribution in [2.24, 2.45) is 7.05 Å². The van der Waals surface area contributed by atoms with Gasteiger partial charge in [-0.1, -0.05) is 12.1 Å². The summed E-state index contributed by atoms with van der Waals surface area (Å²) in [4.78, 5) is 25.2. The van der Waals surface area contributed by atoms with Crippen LogP contribution < -0.4 is 15.6 Å². The fraction of sp³-hybridized carbons (Fsp3) is 0.333. The van der Waals surface area contributed by atoms with E-state index in [0.29, 0.717) is 23.7 Å². The molecule has 1 aromatic carbocycles. The molecule has 0 saturated carbocycles. The Hall–Kier alpha value is -3.46. The first kappa shape index (κ1) is 19.8. The largest absolute Gasteiger partial charge is 0.497 e. The van der Waals surface area contributed by atoms with Gasteiger partial charge < -0.3 is 14.8 Å². The van der Waals surface area contributed by atoms with Crippen LogP contribution >= 0.6 is 0 Å². The molecule has 0 radical (unpaired) electrons. The molecule has 0 aliphatic carbocycles. The number of rotatable bonds is 5. The Kier molecular flexibility index (Phi) is 5.37. The van der Waals surface area contributed by atoms with Gasteiger partial charge in [0.1, 0.15) is 17.5 Å². The number of carbonyl (C=O) groups is 1. The number of nitrogens with one attached hydrogen (secondary N) is 1. The van der Waals surface area contributed by atoms with Crippen LogP contribution in [0.2, 0.25) is 0 Å². The number of amides is 1. The Morgan fingerprint density at radius 2 is 2.03 bits per heavy atom. The smallest absolute Gasteiger partial charge is 0.272 e. The minimum absolute atomic E-state index is 0.259. The molecule has 1 amide bonds. The molecule has 30 heavy (non-hydrogen) atoms. The highest BCUT2D eigenvalue weighted by molar-refractivity contribution is 5.92. The topological polar surface area (TPSA) is 100 Å². The first-order valence-electron chi connectivity index (χ1n) is 9.60. The number of hydrogen-bond acceptors (Lipinski definition) is 6. The van der Waals surface area contributed by atoms with Crippen LogP contribution in [-0.2, 0) is 11.8 Å². The lowest BCUT2D eigenvalue weighted by Crippen LogP contribution is -2.44. The van der Waals surface area contributed by atoms with E-state index >= 15 is 0 Å². The van der Waals surface area contributed by atoms with Gasteiger partial charge in [0.25, 0.3) is 11.5 Å². The summed E-state index contributed by atoms with van der Waals surface area (Å²) >= 11 is 0. The maximum Gasteiger partial charge on any atom is 0.272 e. The van der Waals surface area contributed by atoms with Crippen LogP contribution in [0, 0.1) is 6.92 Å². The molecule has 2 atom stereocenters. The molecule has 3 heterocycles. The number of carbonyl (C=O) groups excluding carboxylic acids is 1. The third kappa shape index (κ3) is 3.84. The van der Waals surface area contributed by atoms with Crippen LogP contribution in [0.5, 0.6) is 5.75 Å². The van der Waals surface area contributed by atoms with E-state index in [1.165, 1.54) is 10.7 Å². The molecule has 0 spiro atoms. The zero-order chi connectivity index (χ0) is 21.3. The zero-order valence-corrected chi connectivity index (χ0v) is 17.0. The van der Waals surface area contributed by atoms with Gasteiger partial charge in [0.05, 0.1) is 32.1 Å². The molecule has 1 aliphatic rings. The van der Waals surface area contributed by atoms with Crippen molar-refractivity contribution >= 4 is 5.91 Å². The van der Waals surface area contributed by atoms with Crippen LogP contribution in [0.15, 0.2) is 47.3 Å². The van der Waals surface area contributed by atoms with Crippen LogP contribution in [0.25, 0.3) is 11.3 Å². The van der Waals surface area contributed by atoms with Crippen molar-refractivity contribution in [3.63, 3.8) is 0 Å². The van der Waals surface area contributed by atoms with Gasteiger partial charge in [0.2, 0.25) is 0 Å². The first-order valence-corrected chi connectivity index (χ1v) is 9.60. The number of hydrogen-bond donors (Lipinski definition) is 1. The lowest BCUT2D eigenvalue weighted by molar-refractivity contribution is 0.0919. The summed E-state index contributed by atoms with van der Waals surface area (Å²) < 4.78 is 13.9. The molecule has 156 valence electrons. The molecule has 1 fully saturated rings. The van der Waals surface area contributed by atoms with Crippen LogP contribution in [0.3, 0.4) is 0 Å². The molecule has 3 aromatic rings. The number of nitrogens with zero attached hydrogens (tertiary/aromatic N) is 4. The quantitative estimate of drug-likeness (QED) is 0.682. The van der Waals surface area contributed by atoms with Gasteiger partial charge in [-0.05, 0) is 31.2 Å². The van der Waals surface area contributed by atoms with E-state index < -0.39 is 12.1 Å². The highest BCUT2D eigenvalue weighted by atomic mass is 16.5. The van der Waals surface area contributed by atoms with Crippen LogP contribution in [-0.4, -0.2) is 51.8 Å². The molecule has 0 bridgehead atoms. The maximum atomic E-state index is 12.6. The van der Waals surface area contributed by atoms with Crippen molar-refractivity contribution < 1.29 is 14.3 Å². The van der Waals surface area contributed by atoms with E-state index in [9.17, 15) is 9.59 Å². The molecule has 1 aliphatic heterocycles. The van der Waals surface area contributed by atoms with E-state index in [1.807, 2.05) is 31.2 Å². The monoisotopic (exact) mass is 409 g/mol. The Balaban J connectivity index is 1.60. The molecule has 9 heteroatoms. The number of benzene rings is 1. The second kappa shape index (κ2) is 8.11. The number of aryl methyl sites for hydroxylation is 2. The average Bonchev–Trinajstić information content (AvgIpc) is 3.34. The van der Waals surface area contributed by atoms with Crippen LogP contribution in [0.4, 0.5) is 0 Å². The molecule has 4 rings (SSSR count). The zero-order valence-electron chi connectivity index (χ0n) is 17.0. The summed E-state index contributed by atoms with van der Waals surface area (Å²) in [6.07, 6.45) is 0. The van der Waals surface area contributed by atoms with Crippen LogP contribution in [0.1, 0.15) is 22.2 Å². The molecule has 9 nitrogen and oxygen atoms in total. The molecule has 2 aromatic heterocycles. The fourth-order valence-corrected chi connectivity index (χ4v) is 3.44. The van der Waals surface area contributed by atoms with Gasteiger partial charge in [0, 0.05) is 24.4 Å².